The lowest BCUT2D eigenvalue weighted by Crippen LogP contribution is -2.09. The van der Waals surface area contributed by atoms with Crippen molar-refractivity contribution < 1.29 is 13.2 Å². The quantitative estimate of drug-likeness (QED) is 0.585. The van der Waals surface area contributed by atoms with E-state index >= 15 is 0 Å². The maximum absolute atomic E-state index is 12.8. The molecule has 4 rings (SSSR count). The molecule has 0 bridgehead atoms. The summed E-state index contributed by atoms with van der Waals surface area (Å²) in [4.78, 5) is 11.5. The number of aromatic nitrogens is 5. The molecular weight excluding hydrogens is 311 g/mol. The molecule has 0 saturated carbocycles. The van der Waals surface area contributed by atoms with Crippen molar-refractivity contribution in [2.45, 2.75) is 6.18 Å². The van der Waals surface area contributed by atoms with E-state index in [0.717, 1.165) is 12.1 Å². The summed E-state index contributed by atoms with van der Waals surface area (Å²) >= 11 is 0. The number of nitrogens with zero attached hydrogens (tertiary/aromatic N) is 4. The Kier molecular flexibility index (Phi) is 2.62. The number of nitrogens with one attached hydrogen (secondary N) is 1. The van der Waals surface area contributed by atoms with Crippen LogP contribution in [-0.4, -0.2) is 24.2 Å². The fraction of sp³-hybridized carbons (Fsp3) is 0.0714. The molecule has 0 aliphatic heterocycles. The molecule has 0 spiro atoms. The number of halogens is 3. The first kappa shape index (κ1) is 13.6. The van der Waals surface area contributed by atoms with Crippen molar-refractivity contribution in [3.8, 4) is 11.3 Å². The number of fused-ring (bicyclic) bond motifs is 3. The molecule has 23 heavy (non-hydrogen) atoms. The number of rotatable bonds is 1. The normalized spacial score (nSPS) is 12.3. The minimum atomic E-state index is -4.42. The highest BCUT2D eigenvalue weighted by atomic mass is 19.4. The van der Waals surface area contributed by atoms with E-state index in [9.17, 15) is 18.0 Å². The fourth-order valence-corrected chi connectivity index (χ4v) is 2.42. The molecule has 0 unspecified atom stereocenters. The Morgan fingerprint density at radius 3 is 2.74 bits per heavy atom. The zero-order valence-electron chi connectivity index (χ0n) is 11.4. The van der Waals surface area contributed by atoms with Gasteiger partial charge in [-0.15, -0.1) is 0 Å². The fourth-order valence-electron chi connectivity index (χ4n) is 2.42. The van der Waals surface area contributed by atoms with Gasteiger partial charge in [0.05, 0.1) is 11.3 Å². The second-order valence-corrected chi connectivity index (χ2v) is 4.96. The van der Waals surface area contributed by atoms with Crippen molar-refractivity contribution in [2.75, 3.05) is 0 Å². The van der Waals surface area contributed by atoms with Gasteiger partial charge in [0.2, 0.25) is 0 Å². The summed E-state index contributed by atoms with van der Waals surface area (Å²) in [6, 6.07) is 6.51. The van der Waals surface area contributed by atoms with E-state index in [0.29, 0.717) is 22.4 Å². The van der Waals surface area contributed by atoms with Gasteiger partial charge in [-0.2, -0.15) is 23.4 Å². The number of benzene rings is 1. The number of hydrogen-bond donors (Lipinski definition) is 1. The van der Waals surface area contributed by atoms with Crippen LogP contribution in [0.25, 0.3) is 22.4 Å². The molecule has 0 atom stereocenters. The topological polar surface area (TPSA) is 67.5 Å². The molecule has 6 nitrogen and oxygen atoms in total. The summed E-state index contributed by atoms with van der Waals surface area (Å²) in [6.07, 6.45) is -1.40. The zero-order valence-corrected chi connectivity index (χ0v) is 11.4. The maximum atomic E-state index is 12.8. The summed E-state index contributed by atoms with van der Waals surface area (Å²) in [7, 11) is 0. The van der Waals surface area contributed by atoms with E-state index in [1.54, 1.807) is 12.1 Å². The van der Waals surface area contributed by atoms with E-state index in [2.05, 4.69) is 15.3 Å². The highest BCUT2D eigenvalue weighted by Crippen LogP contribution is 2.32. The van der Waals surface area contributed by atoms with Crippen molar-refractivity contribution in [2.24, 2.45) is 0 Å². The summed E-state index contributed by atoms with van der Waals surface area (Å²) in [5.74, 6) is 0. The first-order chi connectivity index (χ1) is 10.9. The maximum Gasteiger partial charge on any atom is 0.416 e. The van der Waals surface area contributed by atoms with Gasteiger partial charge in [-0.3, -0.25) is 0 Å². The predicted molar refractivity (Wildman–Crippen MR) is 75.0 cm³/mol. The van der Waals surface area contributed by atoms with Crippen LogP contribution in [0.1, 0.15) is 5.56 Å². The Balaban J connectivity index is 1.93. The zero-order chi connectivity index (χ0) is 16.2. The molecule has 4 aromatic rings. The van der Waals surface area contributed by atoms with Crippen LogP contribution < -0.4 is 5.69 Å². The Hall–Kier alpha value is -3.10. The molecule has 0 aliphatic rings. The lowest BCUT2D eigenvalue weighted by molar-refractivity contribution is -0.137. The second kappa shape index (κ2) is 4.45. The molecular formula is C14H8F3N5O. The molecule has 0 fully saturated rings. The molecule has 9 heteroatoms. The molecule has 0 amide bonds. The van der Waals surface area contributed by atoms with Gasteiger partial charge in [-0.1, -0.05) is 12.1 Å². The van der Waals surface area contributed by atoms with Gasteiger partial charge in [0.1, 0.15) is 5.52 Å². The molecule has 3 aromatic heterocycles. The van der Waals surface area contributed by atoms with Gasteiger partial charge in [-0.25, -0.2) is 18.8 Å². The average molecular weight is 319 g/mol. The van der Waals surface area contributed by atoms with Crippen LogP contribution in [0.5, 0.6) is 0 Å². The first-order valence-corrected chi connectivity index (χ1v) is 6.56. The van der Waals surface area contributed by atoms with E-state index in [1.807, 2.05) is 0 Å². The Morgan fingerprint density at radius 1 is 1.13 bits per heavy atom. The van der Waals surface area contributed by atoms with E-state index in [4.69, 9.17) is 0 Å². The first-order valence-electron chi connectivity index (χ1n) is 6.56. The standard InChI is InChI=1S/C14H8F3N5O/c15-14(16,17)9-3-1-2-8(6-9)10-7-11-12-18-19-13(23)21(12)4-5-22(11)20-10/h1-7H,(H,19,23). The summed E-state index contributed by atoms with van der Waals surface area (Å²) < 4.78 is 41.2. The third kappa shape index (κ3) is 2.08. The van der Waals surface area contributed by atoms with E-state index in [1.165, 1.54) is 27.4 Å². The van der Waals surface area contributed by atoms with Crippen LogP contribution in [-0.2, 0) is 6.18 Å². The molecule has 0 saturated heterocycles. The third-order valence-corrected chi connectivity index (χ3v) is 3.51. The Labute approximate surface area is 125 Å². The monoisotopic (exact) mass is 319 g/mol. The van der Waals surface area contributed by atoms with Gasteiger partial charge < -0.3 is 0 Å². The summed E-state index contributed by atoms with van der Waals surface area (Å²) in [6.45, 7) is 0. The number of H-pyrrole nitrogens is 1. The molecule has 1 N–H and O–H groups in total. The minimum absolute atomic E-state index is 0.333. The van der Waals surface area contributed by atoms with Crippen LogP contribution in [0.2, 0.25) is 0 Å². The number of aromatic amines is 1. The van der Waals surface area contributed by atoms with Gasteiger partial charge in [0, 0.05) is 18.0 Å². The predicted octanol–water partition coefficient (Wildman–Crippen LogP) is 2.36. The van der Waals surface area contributed by atoms with Crippen LogP contribution in [0.3, 0.4) is 0 Å². The van der Waals surface area contributed by atoms with Crippen LogP contribution in [0.4, 0.5) is 13.2 Å². The van der Waals surface area contributed by atoms with Crippen molar-refractivity contribution >= 4 is 11.2 Å². The highest BCUT2D eigenvalue weighted by molar-refractivity contribution is 5.76. The van der Waals surface area contributed by atoms with E-state index in [-0.39, 0.29) is 0 Å². The van der Waals surface area contributed by atoms with Gasteiger partial charge in [0.25, 0.3) is 0 Å². The van der Waals surface area contributed by atoms with Crippen LogP contribution in [0, 0.1) is 0 Å². The lowest BCUT2D eigenvalue weighted by Gasteiger charge is -2.07. The van der Waals surface area contributed by atoms with Crippen molar-refractivity contribution in [1.29, 1.82) is 0 Å². The van der Waals surface area contributed by atoms with Crippen molar-refractivity contribution in [3.05, 3.63) is 58.8 Å². The molecule has 0 radical (unpaired) electrons. The highest BCUT2D eigenvalue weighted by Gasteiger charge is 2.30. The SMILES string of the molecule is O=c1[nH]nc2c3cc(-c4cccc(C(F)(F)F)c4)nn3ccn12. The smallest absolute Gasteiger partial charge is 0.247 e. The molecule has 3 heterocycles. The minimum Gasteiger partial charge on any atom is -0.247 e. The van der Waals surface area contributed by atoms with Crippen molar-refractivity contribution in [1.82, 2.24) is 24.2 Å². The summed E-state index contributed by atoms with van der Waals surface area (Å²) in [5, 5.41) is 10.5. The molecule has 116 valence electrons. The molecule has 0 aliphatic carbocycles. The largest absolute Gasteiger partial charge is 0.416 e. The number of hydrogen-bond acceptors (Lipinski definition) is 3. The van der Waals surface area contributed by atoms with Crippen molar-refractivity contribution in [3.63, 3.8) is 0 Å². The van der Waals surface area contributed by atoms with Gasteiger partial charge in [0.15, 0.2) is 5.65 Å². The van der Waals surface area contributed by atoms with Gasteiger partial charge >= 0.3 is 11.9 Å². The second-order valence-electron chi connectivity index (χ2n) is 4.96. The van der Waals surface area contributed by atoms with E-state index < -0.39 is 17.4 Å². The number of alkyl halides is 3. The Morgan fingerprint density at radius 2 is 1.96 bits per heavy atom. The molecule has 1 aromatic carbocycles. The summed E-state index contributed by atoms with van der Waals surface area (Å²) in [5.41, 5.74) is 0.415. The van der Waals surface area contributed by atoms with Crippen LogP contribution in [0.15, 0.2) is 47.5 Å². The lowest BCUT2D eigenvalue weighted by atomic mass is 10.1. The Bertz CT molecular complexity index is 1090. The third-order valence-electron chi connectivity index (χ3n) is 3.51. The van der Waals surface area contributed by atoms with Crippen LogP contribution >= 0.6 is 0 Å². The average Bonchev–Trinajstić information content (AvgIpc) is 3.10. The van der Waals surface area contributed by atoms with Gasteiger partial charge in [-0.05, 0) is 18.2 Å².